The third kappa shape index (κ3) is 6.83. The van der Waals surface area contributed by atoms with Crippen molar-refractivity contribution in [3.63, 3.8) is 0 Å². The predicted octanol–water partition coefficient (Wildman–Crippen LogP) is 4.52. The van der Waals surface area contributed by atoms with E-state index in [4.69, 9.17) is 23.2 Å². The summed E-state index contributed by atoms with van der Waals surface area (Å²) in [5, 5.41) is 4.41. The number of rotatable bonds is 5. The minimum atomic E-state index is -0.00771. The second-order valence-corrected chi connectivity index (χ2v) is 7.22. The van der Waals surface area contributed by atoms with Gasteiger partial charge in [0.05, 0.1) is 10.0 Å². The minimum Gasteiger partial charge on any atom is -0.352 e. The maximum Gasteiger partial charge on any atom is 0.253 e. The number of halogens is 3. The van der Waals surface area contributed by atoms with E-state index in [0.29, 0.717) is 28.7 Å². The summed E-state index contributed by atoms with van der Waals surface area (Å²) in [6.45, 7) is 1.25. The third-order valence-corrected chi connectivity index (χ3v) is 4.77. The number of carbonyl (C=O) groups excluding carboxylic acids is 1. The van der Waals surface area contributed by atoms with Gasteiger partial charge in [0.25, 0.3) is 5.91 Å². The Morgan fingerprint density at radius 2 is 1.61 bits per heavy atom. The Hall–Kier alpha value is -1.51. The van der Waals surface area contributed by atoms with Crippen LogP contribution in [0, 0.1) is 0 Å². The van der Waals surface area contributed by atoms with Crippen molar-refractivity contribution in [2.75, 3.05) is 28.2 Å². The van der Waals surface area contributed by atoms with Gasteiger partial charge in [-0.15, -0.1) is 24.0 Å². The number of hydrogen-bond acceptors (Lipinski definition) is 2. The molecular weight excluding hydrogens is 510 g/mol. The Kier molecular flexibility index (Phi) is 10.1. The number of guanidine groups is 1. The largest absolute Gasteiger partial charge is 0.352 e. The van der Waals surface area contributed by atoms with Crippen LogP contribution in [-0.4, -0.2) is 49.9 Å². The molecule has 0 bridgehead atoms. The van der Waals surface area contributed by atoms with E-state index >= 15 is 0 Å². The molecule has 0 radical (unpaired) electrons. The minimum absolute atomic E-state index is 0. The molecule has 2 aromatic rings. The number of amides is 1. The van der Waals surface area contributed by atoms with Gasteiger partial charge in [0.1, 0.15) is 0 Å². The predicted molar refractivity (Wildman–Crippen MR) is 128 cm³/mol. The summed E-state index contributed by atoms with van der Waals surface area (Å²) in [6.07, 6.45) is 0. The van der Waals surface area contributed by atoms with E-state index in [-0.39, 0.29) is 29.9 Å². The van der Waals surface area contributed by atoms with E-state index < -0.39 is 0 Å². The first-order chi connectivity index (χ1) is 12.8. The molecule has 152 valence electrons. The van der Waals surface area contributed by atoms with Crippen molar-refractivity contribution < 1.29 is 4.79 Å². The standard InChI is InChI=1S/C20H24Cl2N4O.HI/c1-23-20(26(4)13-15-7-10-17(21)18(22)11-15)24-12-14-5-8-16(9-6-14)19(27)25(2)3;/h5-11H,12-13H2,1-4H3,(H,23,24);1H. The smallest absolute Gasteiger partial charge is 0.253 e. The summed E-state index contributed by atoms with van der Waals surface area (Å²) >= 11 is 12.1. The fourth-order valence-corrected chi connectivity index (χ4v) is 2.90. The van der Waals surface area contributed by atoms with Crippen molar-refractivity contribution in [1.29, 1.82) is 0 Å². The monoisotopic (exact) mass is 534 g/mol. The molecule has 5 nitrogen and oxygen atoms in total. The molecule has 0 atom stereocenters. The van der Waals surface area contributed by atoms with Crippen LogP contribution in [0.5, 0.6) is 0 Å². The molecule has 0 aliphatic carbocycles. The molecular formula is C20H25Cl2IN4O. The number of benzene rings is 2. The number of nitrogens with one attached hydrogen (secondary N) is 1. The average molecular weight is 535 g/mol. The van der Waals surface area contributed by atoms with Crippen LogP contribution in [0.2, 0.25) is 10.0 Å². The summed E-state index contributed by atoms with van der Waals surface area (Å²) in [4.78, 5) is 19.8. The van der Waals surface area contributed by atoms with Crippen LogP contribution < -0.4 is 5.32 Å². The van der Waals surface area contributed by atoms with E-state index in [1.165, 1.54) is 0 Å². The van der Waals surface area contributed by atoms with Gasteiger partial charge in [-0.1, -0.05) is 41.4 Å². The molecule has 28 heavy (non-hydrogen) atoms. The van der Waals surface area contributed by atoms with Crippen molar-refractivity contribution in [2.45, 2.75) is 13.1 Å². The molecule has 0 heterocycles. The number of aliphatic imine (C=N–C) groups is 1. The third-order valence-electron chi connectivity index (χ3n) is 4.03. The SMILES string of the molecule is CN=C(NCc1ccc(C(=O)N(C)C)cc1)N(C)Cc1ccc(Cl)c(Cl)c1.I. The first kappa shape index (κ1) is 24.5. The van der Waals surface area contributed by atoms with E-state index in [2.05, 4.69) is 10.3 Å². The highest BCUT2D eigenvalue weighted by Crippen LogP contribution is 2.23. The molecule has 8 heteroatoms. The molecule has 0 spiro atoms. The Balaban J connectivity index is 0.00000392. The second-order valence-electron chi connectivity index (χ2n) is 6.40. The first-order valence-electron chi connectivity index (χ1n) is 8.48. The van der Waals surface area contributed by atoms with Crippen molar-refractivity contribution in [3.8, 4) is 0 Å². The zero-order valence-electron chi connectivity index (χ0n) is 16.4. The molecule has 0 saturated carbocycles. The molecule has 0 unspecified atom stereocenters. The zero-order valence-corrected chi connectivity index (χ0v) is 20.2. The fraction of sp³-hybridized carbons (Fsp3) is 0.300. The summed E-state index contributed by atoms with van der Waals surface area (Å²) in [7, 11) is 7.18. The number of nitrogens with zero attached hydrogens (tertiary/aromatic N) is 3. The highest BCUT2D eigenvalue weighted by Gasteiger charge is 2.10. The van der Waals surface area contributed by atoms with Crippen molar-refractivity contribution in [2.24, 2.45) is 4.99 Å². The lowest BCUT2D eigenvalue weighted by molar-refractivity contribution is 0.0827. The lowest BCUT2D eigenvalue weighted by atomic mass is 10.1. The molecule has 2 aromatic carbocycles. The molecule has 0 aromatic heterocycles. The summed E-state index contributed by atoms with van der Waals surface area (Å²) in [6, 6.07) is 13.1. The van der Waals surface area contributed by atoms with Crippen molar-refractivity contribution in [3.05, 3.63) is 69.2 Å². The lowest BCUT2D eigenvalue weighted by Crippen LogP contribution is -2.38. The van der Waals surface area contributed by atoms with Gasteiger partial charge in [0, 0.05) is 46.8 Å². The van der Waals surface area contributed by atoms with Crippen LogP contribution in [0.4, 0.5) is 0 Å². The molecule has 0 aliphatic heterocycles. The first-order valence-corrected chi connectivity index (χ1v) is 9.23. The van der Waals surface area contributed by atoms with Gasteiger partial charge in [-0.25, -0.2) is 0 Å². The maximum atomic E-state index is 11.9. The normalized spacial score (nSPS) is 10.9. The average Bonchev–Trinajstić information content (AvgIpc) is 2.65. The Bertz CT molecular complexity index is 825. The van der Waals surface area contributed by atoms with E-state index in [9.17, 15) is 4.79 Å². The Morgan fingerprint density at radius 1 is 1.00 bits per heavy atom. The molecule has 1 N–H and O–H groups in total. The summed E-state index contributed by atoms with van der Waals surface area (Å²) in [5.74, 6) is 0.751. The second kappa shape index (κ2) is 11.5. The van der Waals surface area contributed by atoms with E-state index in [1.54, 1.807) is 32.1 Å². The van der Waals surface area contributed by atoms with E-state index in [1.807, 2.05) is 48.3 Å². The van der Waals surface area contributed by atoms with Gasteiger partial charge in [0.2, 0.25) is 0 Å². The van der Waals surface area contributed by atoms with Crippen LogP contribution in [0.1, 0.15) is 21.5 Å². The van der Waals surface area contributed by atoms with Gasteiger partial charge in [0.15, 0.2) is 5.96 Å². The van der Waals surface area contributed by atoms with Crippen molar-refractivity contribution in [1.82, 2.24) is 15.1 Å². The highest BCUT2D eigenvalue weighted by atomic mass is 127. The van der Waals surface area contributed by atoms with Crippen molar-refractivity contribution >= 4 is 59.0 Å². The summed E-state index contributed by atoms with van der Waals surface area (Å²) < 4.78 is 0. The van der Waals surface area contributed by atoms with Gasteiger partial charge in [-0.3, -0.25) is 9.79 Å². The zero-order chi connectivity index (χ0) is 20.0. The molecule has 0 saturated heterocycles. The van der Waals surface area contributed by atoms with Gasteiger partial charge in [-0.2, -0.15) is 0 Å². The fourth-order valence-electron chi connectivity index (χ4n) is 2.58. The molecule has 2 rings (SSSR count). The van der Waals surface area contributed by atoms with Crippen LogP contribution in [0.15, 0.2) is 47.5 Å². The van der Waals surface area contributed by atoms with Gasteiger partial charge < -0.3 is 15.1 Å². The summed E-state index contributed by atoms with van der Waals surface area (Å²) in [5.41, 5.74) is 2.78. The number of hydrogen-bond donors (Lipinski definition) is 1. The number of carbonyl (C=O) groups is 1. The highest BCUT2D eigenvalue weighted by molar-refractivity contribution is 14.0. The van der Waals surface area contributed by atoms with Gasteiger partial charge >= 0.3 is 0 Å². The van der Waals surface area contributed by atoms with Crippen LogP contribution in [-0.2, 0) is 13.1 Å². The quantitative estimate of drug-likeness (QED) is 0.348. The van der Waals surface area contributed by atoms with Crippen LogP contribution in [0.3, 0.4) is 0 Å². The Morgan fingerprint density at radius 3 is 2.14 bits per heavy atom. The topological polar surface area (TPSA) is 47.9 Å². The Labute approximate surface area is 193 Å². The lowest BCUT2D eigenvalue weighted by Gasteiger charge is -2.22. The van der Waals surface area contributed by atoms with Crippen LogP contribution >= 0.6 is 47.2 Å². The van der Waals surface area contributed by atoms with E-state index in [0.717, 1.165) is 17.1 Å². The van der Waals surface area contributed by atoms with Gasteiger partial charge in [-0.05, 0) is 35.4 Å². The molecule has 0 fully saturated rings. The molecule has 0 aliphatic rings. The maximum absolute atomic E-state index is 11.9. The molecule has 1 amide bonds. The van der Waals surface area contributed by atoms with Crippen LogP contribution in [0.25, 0.3) is 0 Å².